The van der Waals surface area contributed by atoms with Crippen molar-refractivity contribution in [1.82, 2.24) is 0 Å². The fourth-order valence-corrected chi connectivity index (χ4v) is 2.81. The zero-order valence-corrected chi connectivity index (χ0v) is 11.5. The first-order valence-corrected chi connectivity index (χ1v) is 6.68. The molecule has 10 nitrogen and oxygen atoms in total. The summed E-state index contributed by atoms with van der Waals surface area (Å²) >= 11 is 1.02. The molecule has 0 fully saturated rings. The van der Waals surface area contributed by atoms with Crippen LogP contribution in [-0.2, 0) is 0 Å². The van der Waals surface area contributed by atoms with Crippen LogP contribution in [-0.4, -0.2) is 39.4 Å². The highest BCUT2D eigenvalue weighted by Crippen LogP contribution is 2.35. The van der Waals surface area contributed by atoms with Crippen LogP contribution in [0.15, 0.2) is 43.1 Å². The van der Waals surface area contributed by atoms with Crippen molar-refractivity contribution < 1.29 is 9.85 Å². The molecule has 22 heavy (non-hydrogen) atoms. The van der Waals surface area contributed by atoms with E-state index >= 15 is 0 Å². The van der Waals surface area contributed by atoms with E-state index in [0.29, 0.717) is 10.9 Å². The molecule has 1 aromatic rings. The van der Waals surface area contributed by atoms with Crippen molar-refractivity contribution in [1.29, 1.82) is 0 Å². The predicted octanol–water partition coefficient (Wildman–Crippen LogP) is 1.84. The number of fused-ring (bicyclic) bond motifs is 1. The van der Waals surface area contributed by atoms with Crippen molar-refractivity contribution in [2.24, 2.45) is 20.0 Å². The molecule has 1 aromatic carbocycles. The van der Waals surface area contributed by atoms with Crippen LogP contribution in [0.5, 0.6) is 0 Å². The summed E-state index contributed by atoms with van der Waals surface area (Å²) in [6, 6.07) is 2.97. The molecule has 0 N–H and O–H groups in total. The number of hydrogen-bond acceptors (Lipinski definition) is 9. The number of thioether (sulfide) groups is 1. The Morgan fingerprint density at radius 3 is 2.64 bits per heavy atom. The normalized spacial score (nSPS) is 18.6. The van der Waals surface area contributed by atoms with Gasteiger partial charge in [-0.3, -0.25) is 25.2 Å². The second-order valence-corrected chi connectivity index (χ2v) is 5.20. The molecule has 0 aromatic heterocycles. The minimum Gasteiger partial charge on any atom is -0.258 e. The summed E-state index contributed by atoms with van der Waals surface area (Å²) in [5, 5.41) is 22.3. The first-order valence-electron chi connectivity index (χ1n) is 5.86. The Balaban J connectivity index is 1.95. The van der Waals surface area contributed by atoms with Gasteiger partial charge in [0, 0.05) is 6.07 Å². The Kier molecular flexibility index (Phi) is 3.47. The van der Waals surface area contributed by atoms with E-state index in [1.807, 2.05) is 0 Å². The maximum atomic E-state index is 11.1. The van der Waals surface area contributed by atoms with Crippen LogP contribution in [0.3, 0.4) is 0 Å². The van der Waals surface area contributed by atoms with E-state index in [1.165, 1.54) is 24.8 Å². The Bertz CT molecular complexity index is 800. The summed E-state index contributed by atoms with van der Waals surface area (Å²) < 4.78 is 0. The van der Waals surface area contributed by atoms with Gasteiger partial charge in [-0.25, -0.2) is 15.0 Å². The molecule has 11 heteroatoms. The standard InChI is InChI=1S/C11H6N6O4S/c18-16(19)6-1-2-8(7(3-6)17(20)21)22-11-9-10(13-4-12-9)14-5-15-11/h1-5,9H. The third-order valence-electron chi connectivity index (χ3n) is 2.82. The van der Waals surface area contributed by atoms with Crippen LogP contribution in [0.25, 0.3) is 0 Å². The summed E-state index contributed by atoms with van der Waals surface area (Å²) in [7, 11) is 0. The van der Waals surface area contributed by atoms with Crippen molar-refractivity contribution in [3.63, 3.8) is 0 Å². The Labute approximate surface area is 126 Å². The lowest BCUT2D eigenvalue weighted by atomic mass is 10.3. The van der Waals surface area contributed by atoms with E-state index in [4.69, 9.17) is 0 Å². The van der Waals surface area contributed by atoms with Crippen molar-refractivity contribution >= 4 is 46.7 Å². The highest BCUT2D eigenvalue weighted by atomic mass is 32.2. The van der Waals surface area contributed by atoms with Crippen molar-refractivity contribution in [2.45, 2.75) is 10.9 Å². The van der Waals surface area contributed by atoms with Crippen LogP contribution in [0.4, 0.5) is 11.4 Å². The van der Waals surface area contributed by atoms with E-state index in [0.717, 1.165) is 17.8 Å². The van der Waals surface area contributed by atoms with Crippen LogP contribution in [0, 0.1) is 20.2 Å². The lowest BCUT2D eigenvalue weighted by Crippen LogP contribution is -2.25. The second-order valence-electron chi connectivity index (χ2n) is 4.13. The number of aliphatic imine (C=N–C) groups is 4. The largest absolute Gasteiger partial charge is 0.290 e. The van der Waals surface area contributed by atoms with Gasteiger partial charge in [-0.2, -0.15) is 0 Å². The highest BCUT2D eigenvalue weighted by molar-refractivity contribution is 8.14. The van der Waals surface area contributed by atoms with Gasteiger partial charge < -0.3 is 0 Å². The summed E-state index contributed by atoms with van der Waals surface area (Å²) in [6.45, 7) is 0. The van der Waals surface area contributed by atoms with E-state index < -0.39 is 15.9 Å². The third kappa shape index (κ3) is 2.48. The molecule has 2 aliphatic heterocycles. The fraction of sp³-hybridized carbons (Fsp3) is 0.0909. The van der Waals surface area contributed by atoms with Crippen molar-refractivity contribution in [3.8, 4) is 0 Å². The molecule has 0 saturated heterocycles. The Morgan fingerprint density at radius 1 is 1.09 bits per heavy atom. The Morgan fingerprint density at radius 2 is 1.91 bits per heavy atom. The third-order valence-corrected chi connectivity index (χ3v) is 3.93. The summed E-state index contributed by atoms with van der Waals surface area (Å²) in [5.41, 5.74) is -0.700. The van der Waals surface area contributed by atoms with Crippen LogP contribution in [0.1, 0.15) is 0 Å². The molecule has 0 saturated carbocycles. The van der Waals surface area contributed by atoms with Crippen LogP contribution in [0.2, 0.25) is 0 Å². The average molecular weight is 318 g/mol. The maximum Gasteiger partial charge on any atom is 0.290 e. The van der Waals surface area contributed by atoms with E-state index in [2.05, 4.69) is 20.0 Å². The van der Waals surface area contributed by atoms with Gasteiger partial charge >= 0.3 is 0 Å². The maximum absolute atomic E-state index is 11.1. The number of nitro benzene ring substituents is 2. The molecular weight excluding hydrogens is 312 g/mol. The van der Waals surface area contributed by atoms with Gasteiger partial charge in [0.1, 0.15) is 17.7 Å². The molecule has 0 bridgehead atoms. The zero-order valence-electron chi connectivity index (χ0n) is 10.7. The summed E-state index contributed by atoms with van der Waals surface area (Å²) in [6.07, 6.45) is 2.65. The van der Waals surface area contributed by atoms with Gasteiger partial charge in [-0.05, 0) is 6.07 Å². The van der Waals surface area contributed by atoms with E-state index in [-0.39, 0.29) is 16.3 Å². The highest BCUT2D eigenvalue weighted by Gasteiger charge is 2.29. The lowest BCUT2D eigenvalue weighted by molar-refractivity contribution is -0.396. The topological polar surface area (TPSA) is 136 Å². The SMILES string of the molecule is O=[N+]([O-])c1ccc(SC2=NC=NC3=NC=NC32)c([N+](=O)[O-])c1. The monoisotopic (exact) mass is 318 g/mol. The molecule has 110 valence electrons. The number of rotatable bonds is 3. The molecule has 2 heterocycles. The minimum absolute atomic E-state index is 0.242. The van der Waals surface area contributed by atoms with Crippen molar-refractivity contribution in [3.05, 3.63) is 38.4 Å². The quantitative estimate of drug-likeness (QED) is 0.618. The number of non-ortho nitro benzene ring substituents is 1. The smallest absolute Gasteiger partial charge is 0.258 e. The molecule has 1 unspecified atom stereocenters. The molecule has 0 amide bonds. The average Bonchev–Trinajstić information content (AvgIpc) is 2.96. The molecule has 0 radical (unpaired) electrons. The van der Waals surface area contributed by atoms with E-state index in [9.17, 15) is 20.2 Å². The molecular formula is C11H6N6O4S. The van der Waals surface area contributed by atoms with Crippen molar-refractivity contribution in [2.75, 3.05) is 0 Å². The van der Waals surface area contributed by atoms with Gasteiger partial charge in [0.25, 0.3) is 11.4 Å². The van der Waals surface area contributed by atoms with Crippen LogP contribution >= 0.6 is 11.8 Å². The van der Waals surface area contributed by atoms with E-state index in [1.54, 1.807) is 0 Å². The first-order chi connectivity index (χ1) is 10.6. The first kappa shape index (κ1) is 14.0. The second kappa shape index (κ2) is 5.44. The van der Waals surface area contributed by atoms with Gasteiger partial charge in [0.15, 0.2) is 11.9 Å². The number of nitrogens with zero attached hydrogens (tertiary/aromatic N) is 6. The zero-order chi connectivity index (χ0) is 15.7. The van der Waals surface area contributed by atoms with Gasteiger partial charge in [0.05, 0.1) is 20.8 Å². The molecule has 3 rings (SSSR count). The minimum atomic E-state index is -0.682. The van der Waals surface area contributed by atoms with Gasteiger partial charge in [0.2, 0.25) is 0 Å². The molecule has 0 spiro atoms. The number of benzene rings is 1. The Hall–Kier alpha value is -2.95. The molecule has 0 aliphatic carbocycles. The fourth-order valence-electron chi connectivity index (χ4n) is 1.83. The van der Waals surface area contributed by atoms with Gasteiger partial charge in [-0.1, -0.05) is 11.8 Å². The number of amidine groups is 1. The number of hydrogen-bond donors (Lipinski definition) is 0. The lowest BCUT2D eigenvalue weighted by Gasteiger charge is -2.13. The molecule has 1 atom stereocenters. The predicted molar refractivity (Wildman–Crippen MR) is 81.2 cm³/mol. The molecule has 2 aliphatic rings. The summed E-state index contributed by atoms with van der Waals surface area (Å²) in [4.78, 5) is 36.8. The van der Waals surface area contributed by atoms with Gasteiger partial charge in [-0.15, -0.1) is 0 Å². The summed E-state index contributed by atoms with van der Waals surface area (Å²) in [5.74, 6) is 0.460. The van der Waals surface area contributed by atoms with Crippen LogP contribution < -0.4 is 0 Å². The number of nitro groups is 2.